The zero-order valence-corrected chi connectivity index (χ0v) is 13.0. The topological polar surface area (TPSA) is 33.0 Å². The number of alkyl halides is 1. The van der Waals surface area contributed by atoms with Gasteiger partial charge in [0.15, 0.2) is 0 Å². The molecule has 0 aliphatic carbocycles. The molecule has 0 saturated carbocycles. The van der Waals surface area contributed by atoms with Crippen molar-refractivity contribution in [3.63, 3.8) is 0 Å². The Balaban J connectivity index is 2.52. The highest BCUT2D eigenvalue weighted by atomic mass is 79.9. The molecule has 0 N–H and O–H groups in total. The molecule has 1 aromatic rings. The van der Waals surface area contributed by atoms with Crippen LogP contribution in [-0.2, 0) is 5.33 Å². The second kappa shape index (κ2) is 7.01. The first-order valence-electron chi connectivity index (χ1n) is 5.87. The van der Waals surface area contributed by atoms with Crippen LogP contribution >= 0.6 is 27.5 Å². The maximum Gasteiger partial charge on any atom is 0.141 e. The highest BCUT2D eigenvalue weighted by molar-refractivity contribution is 9.08. The van der Waals surface area contributed by atoms with Crippen molar-refractivity contribution in [1.82, 2.24) is 0 Å². The van der Waals surface area contributed by atoms with Gasteiger partial charge in [-0.2, -0.15) is 5.26 Å². The molecule has 0 unspecified atom stereocenters. The lowest BCUT2D eigenvalue weighted by Gasteiger charge is -2.16. The second-order valence-electron chi connectivity index (χ2n) is 4.81. The number of ether oxygens (including phenoxy) is 1. The first-order valence-corrected chi connectivity index (χ1v) is 7.37. The average molecular weight is 331 g/mol. The molecule has 0 radical (unpaired) electrons. The summed E-state index contributed by atoms with van der Waals surface area (Å²) in [5.41, 5.74) is 0.754. The average Bonchev–Trinajstić information content (AvgIpc) is 2.36. The van der Waals surface area contributed by atoms with Crippen molar-refractivity contribution in [2.24, 2.45) is 5.41 Å². The lowest BCUT2D eigenvalue weighted by Crippen LogP contribution is -2.10. The van der Waals surface area contributed by atoms with E-state index < -0.39 is 0 Å². The molecule has 0 aliphatic heterocycles. The summed E-state index contributed by atoms with van der Waals surface area (Å²) in [7, 11) is 0. The summed E-state index contributed by atoms with van der Waals surface area (Å²) >= 11 is 9.52. The molecule has 0 aromatic heterocycles. The zero-order chi connectivity index (χ0) is 13.6. The predicted molar refractivity (Wildman–Crippen MR) is 78.2 cm³/mol. The quantitative estimate of drug-likeness (QED) is 0.546. The lowest BCUT2D eigenvalue weighted by atomic mass is 9.90. The fraction of sp³-hybridized carbons (Fsp3) is 0.500. The van der Waals surface area contributed by atoms with Crippen LogP contribution in [0.15, 0.2) is 18.2 Å². The van der Waals surface area contributed by atoms with Gasteiger partial charge < -0.3 is 4.74 Å². The van der Waals surface area contributed by atoms with E-state index in [9.17, 15) is 0 Å². The zero-order valence-electron chi connectivity index (χ0n) is 10.7. The van der Waals surface area contributed by atoms with Crippen LogP contribution in [-0.4, -0.2) is 6.61 Å². The summed E-state index contributed by atoms with van der Waals surface area (Å²) in [6.45, 7) is 4.45. The summed E-state index contributed by atoms with van der Waals surface area (Å²) in [4.78, 5) is 0. The molecule has 0 spiro atoms. The Kier molecular flexibility index (Phi) is 5.98. The van der Waals surface area contributed by atoms with Gasteiger partial charge in [0, 0.05) is 10.9 Å². The van der Waals surface area contributed by atoms with Crippen molar-refractivity contribution in [3.05, 3.63) is 28.8 Å². The molecule has 0 bridgehead atoms. The van der Waals surface area contributed by atoms with Gasteiger partial charge in [-0.25, -0.2) is 0 Å². The first kappa shape index (κ1) is 15.3. The van der Waals surface area contributed by atoms with Gasteiger partial charge in [-0.3, -0.25) is 0 Å². The van der Waals surface area contributed by atoms with Gasteiger partial charge in [-0.05, 0) is 32.8 Å². The van der Waals surface area contributed by atoms with Gasteiger partial charge in [0.2, 0.25) is 0 Å². The second-order valence-corrected chi connectivity index (χ2v) is 5.78. The van der Waals surface area contributed by atoms with Gasteiger partial charge >= 0.3 is 0 Å². The van der Waals surface area contributed by atoms with Gasteiger partial charge in [0.05, 0.1) is 23.1 Å². The van der Waals surface area contributed by atoms with E-state index in [2.05, 4.69) is 22.0 Å². The fourth-order valence-electron chi connectivity index (χ4n) is 1.56. The molecule has 0 atom stereocenters. The molecular formula is C14H17BrClNO. The molecule has 18 heavy (non-hydrogen) atoms. The van der Waals surface area contributed by atoms with Crippen LogP contribution in [0.4, 0.5) is 0 Å². The van der Waals surface area contributed by atoms with Gasteiger partial charge in [0.1, 0.15) is 5.75 Å². The Bertz CT molecular complexity index is 440. The van der Waals surface area contributed by atoms with Crippen molar-refractivity contribution in [1.29, 1.82) is 5.26 Å². The third kappa shape index (κ3) is 4.51. The highest BCUT2D eigenvalue weighted by Gasteiger charge is 2.16. The Hall–Kier alpha value is -0.720. The van der Waals surface area contributed by atoms with Crippen LogP contribution in [0.2, 0.25) is 5.02 Å². The van der Waals surface area contributed by atoms with Gasteiger partial charge in [0.25, 0.3) is 0 Å². The number of nitriles is 1. The molecule has 1 rings (SSSR count). The summed E-state index contributed by atoms with van der Waals surface area (Å²) in [5.74, 6) is 0.741. The van der Waals surface area contributed by atoms with E-state index in [4.69, 9.17) is 21.6 Å². The molecule has 0 saturated heterocycles. The van der Waals surface area contributed by atoms with Crippen LogP contribution in [0.1, 0.15) is 32.3 Å². The Morgan fingerprint density at radius 2 is 2.17 bits per heavy atom. The Morgan fingerprint density at radius 3 is 2.78 bits per heavy atom. The monoisotopic (exact) mass is 329 g/mol. The fourth-order valence-corrected chi connectivity index (χ4v) is 2.25. The van der Waals surface area contributed by atoms with Crippen LogP contribution in [0.5, 0.6) is 5.75 Å². The molecule has 0 heterocycles. The third-order valence-corrected chi connectivity index (χ3v) is 3.59. The van der Waals surface area contributed by atoms with Crippen molar-refractivity contribution >= 4 is 27.5 Å². The number of halogens is 2. The van der Waals surface area contributed by atoms with Crippen LogP contribution in [0.25, 0.3) is 0 Å². The van der Waals surface area contributed by atoms with E-state index >= 15 is 0 Å². The maximum atomic E-state index is 8.92. The summed E-state index contributed by atoms with van der Waals surface area (Å²) in [5, 5.41) is 10.3. The minimum atomic E-state index is -0.290. The summed E-state index contributed by atoms with van der Waals surface area (Å²) < 4.78 is 5.73. The number of hydrogen-bond donors (Lipinski definition) is 0. The van der Waals surface area contributed by atoms with Crippen LogP contribution in [0.3, 0.4) is 0 Å². The molecule has 1 aromatic carbocycles. The Labute approximate surface area is 122 Å². The molecular weight excluding hydrogens is 314 g/mol. The predicted octanol–water partition coefficient (Wildman–Crippen LogP) is 4.94. The number of para-hydroxylation sites is 1. The number of benzene rings is 1. The van der Waals surface area contributed by atoms with E-state index in [0.29, 0.717) is 17.0 Å². The van der Waals surface area contributed by atoms with Crippen molar-refractivity contribution < 1.29 is 4.74 Å². The summed E-state index contributed by atoms with van der Waals surface area (Å²) in [6.07, 6.45) is 1.66. The van der Waals surface area contributed by atoms with E-state index in [0.717, 1.165) is 24.2 Å². The van der Waals surface area contributed by atoms with E-state index in [1.807, 2.05) is 32.0 Å². The standard InChI is InChI=1S/C14H17BrClNO/c1-14(2,10-17)7-4-8-18-13-11(9-15)5-3-6-12(13)16/h3,5-6H,4,7-9H2,1-2H3. The highest BCUT2D eigenvalue weighted by Crippen LogP contribution is 2.30. The van der Waals surface area contributed by atoms with Gasteiger partial charge in [-0.1, -0.05) is 39.7 Å². The van der Waals surface area contributed by atoms with Gasteiger partial charge in [-0.15, -0.1) is 0 Å². The van der Waals surface area contributed by atoms with Crippen LogP contribution in [0, 0.1) is 16.7 Å². The minimum absolute atomic E-state index is 0.290. The van der Waals surface area contributed by atoms with Crippen molar-refractivity contribution in [2.45, 2.75) is 32.0 Å². The number of nitrogens with zero attached hydrogens (tertiary/aromatic N) is 1. The van der Waals surface area contributed by atoms with E-state index in [1.54, 1.807) is 0 Å². The number of rotatable bonds is 6. The SMILES string of the molecule is CC(C)(C#N)CCCOc1c(Cl)cccc1CBr. The van der Waals surface area contributed by atoms with E-state index in [-0.39, 0.29) is 5.41 Å². The molecule has 0 amide bonds. The first-order chi connectivity index (χ1) is 8.50. The molecule has 0 aliphatic rings. The normalized spacial score (nSPS) is 11.1. The molecule has 0 fully saturated rings. The molecule has 98 valence electrons. The lowest BCUT2D eigenvalue weighted by molar-refractivity contribution is 0.283. The minimum Gasteiger partial charge on any atom is -0.492 e. The van der Waals surface area contributed by atoms with Crippen molar-refractivity contribution in [3.8, 4) is 11.8 Å². The third-order valence-electron chi connectivity index (χ3n) is 2.69. The largest absolute Gasteiger partial charge is 0.492 e. The maximum absolute atomic E-state index is 8.92. The number of hydrogen-bond acceptors (Lipinski definition) is 2. The van der Waals surface area contributed by atoms with Crippen molar-refractivity contribution in [2.75, 3.05) is 6.61 Å². The summed E-state index contributed by atoms with van der Waals surface area (Å²) in [6, 6.07) is 8.00. The Morgan fingerprint density at radius 1 is 1.44 bits per heavy atom. The van der Waals surface area contributed by atoms with E-state index in [1.165, 1.54) is 0 Å². The molecule has 4 heteroatoms. The van der Waals surface area contributed by atoms with Crippen LogP contribution < -0.4 is 4.74 Å². The smallest absolute Gasteiger partial charge is 0.141 e. The molecule has 2 nitrogen and oxygen atoms in total.